The van der Waals surface area contributed by atoms with Gasteiger partial charge in [-0.25, -0.2) is 0 Å². The average Bonchev–Trinajstić information content (AvgIpc) is 2.57. The summed E-state index contributed by atoms with van der Waals surface area (Å²) in [7, 11) is 0. The molecule has 2 rings (SSSR count). The molecule has 1 aliphatic carbocycles. The Balaban J connectivity index is 1.93. The molecule has 0 unspecified atom stereocenters. The number of ether oxygens (including phenoxy) is 1. The number of hydrogen-bond donors (Lipinski definition) is 2. The number of nitrogens with one attached hydrogen (secondary N) is 1. The maximum Gasteiger partial charge on any atom is 0.307 e. The molecule has 1 aliphatic rings. The fraction of sp³-hybridized carbons (Fsp3) is 0.500. The van der Waals surface area contributed by atoms with Crippen molar-refractivity contribution < 1.29 is 19.4 Å². The van der Waals surface area contributed by atoms with Crippen LogP contribution in [0.2, 0.25) is 0 Å². The van der Waals surface area contributed by atoms with E-state index in [9.17, 15) is 14.9 Å². The monoisotopic (exact) mass is 330 g/mol. The van der Waals surface area contributed by atoms with Crippen molar-refractivity contribution in [2.75, 3.05) is 0 Å². The molecule has 1 aromatic carbocycles. The number of carbonyl (C=O) groups is 2. The highest BCUT2D eigenvalue weighted by Gasteiger charge is 2.35. The van der Waals surface area contributed by atoms with Crippen LogP contribution in [0.4, 0.5) is 0 Å². The molecular weight excluding hydrogens is 308 g/mol. The number of carboxylic acids is 1. The lowest BCUT2D eigenvalue weighted by atomic mass is 9.83. The lowest BCUT2D eigenvalue weighted by Gasteiger charge is -2.32. The Labute approximate surface area is 141 Å². The van der Waals surface area contributed by atoms with Crippen molar-refractivity contribution in [3.63, 3.8) is 0 Å². The predicted molar refractivity (Wildman–Crippen MR) is 87.4 cm³/mol. The van der Waals surface area contributed by atoms with Gasteiger partial charge in [0.25, 0.3) is 5.91 Å². The van der Waals surface area contributed by atoms with Crippen molar-refractivity contribution in [3.8, 4) is 11.8 Å². The zero-order valence-electron chi connectivity index (χ0n) is 13.7. The summed E-state index contributed by atoms with van der Waals surface area (Å²) in [6.07, 6.45) is 3.53. The van der Waals surface area contributed by atoms with E-state index in [0.717, 1.165) is 19.3 Å². The first kappa shape index (κ1) is 17.8. The van der Waals surface area contributed by atoms with E-state index in [1.54, 1.807) is 31.2 Å². The third-order valence-electron chi connectivity index (χ3n) is 4.24. The maximum absolute atomic E-state index is 12.3. The number of carbonyl (C=O) groups excluding carboxylic acids is 1. The van der Waals surface area contributed by atoms with Gasteiger partial charge in [0, 0.05) is 0 Å². The van der Waals surface area contributed by atoms with Crippen LogP contribution in [-0.2, 0) is 16.0 Å². The molecule has 0 spiro atoms. The first-order valence-corrected chi connectivity index (χ1v) is 8.15. The van der Waals surface area contributed by atoms with E-state index >= 15 is 0 Å². The van der Waals surface area contributed by atoms with Crippen molar-refractivity contribution in [1.29, 1.82) is 5.26 Å². The van der Waals surface area contributed by atoms with Gasteiger partial charge in [-0.3, -0.25) is 9.59 Å². The van der Waals surface area contributed by atoms with E-state index in [1.165, 1.54) is 0 Å². The SMILES string of the molecule is C[C@@H](Oc1ccc(CC(=O)O)cc1)C(=O)NC1(C#N)CCCCC1. The normalized spacial score (nSPS) is 17.3. The Bertz CT molecular complexity index is 627. The number of hydrogen-bond acceptors (Lipinski definition) is 4. The lowest BCUT2D eigenvalue weighted by molar-refractivity contribution is -0.136. The molecule has 0 saturated heterocycles. The Morgan fingerprint density at radius 2 is 1.92 bits per heavy atom. The van der Waals surface area contributed by atoms with Gasteiger partial charge in [-0.1, -0.05) is 31.4 Å². The summed E-state index contributed by atoms with van der Waals surface area (Å²) in [6.45, 7) is 1.63. The maximum atomic E-state index is 12.3. The molecular formula is C18H22N2O4. The Hall–Kier alpha value is -2.55. The number of benzene rings is 1. The molecule has 1 amide bonds. The second-order valence-corrected chi connectivity index (χ2v) is 6.22. The van der Waals surface area contributed by atoms with Gasteiger partial charge in [-0.15, -0.1) is 0 Å². The zero-order valence-corrected chi connectivity index (χ0v) is 13.7. The minimum Gasteiger partial charge on any atom is -0.481 e. The van der Waals surface area contributed by atoms with Gasteiger partial charge >= 0.3 is 5.97 Å². The van der Waals surface area contributed by atoms with E-state index in [4.69, 9.17) is 9.84 Å². The number of rotatable bonds is 6. The molecule has 0 aliphatic heterocycles. The van der Waals surface area contributed by atoms with Crippen LogP contribution >= 0.6 is 0 Å². The summed E-state index contributed by atoms with van der Waals surface area (Å²) in [5.74, 6) is -0.722. The van der Waals surface area contributed by atoms with Crippen molar-refractivity contribution in [3.05, 3.63) is 29.8 Å². The Morgan fingerprint density at radius 1 is 1.29 bits per heavy atom. The predicted octanol–water partition coefficient (Wildman–Crippen LogP) is 2.42. The van der Waals surface area contributed by atoms with Gasteiger partial charge in [-0.2, -0.15) is 5.26 Å². The standard InChI is InChI=1S/C18H22N2O4/c1-13(17(23)20-18(12-19)9-3-2-4-10-18)24-15-7-5-14(6-8-15)11-16(21)22/h5-8,13H,2-4,9-11H2,1H3,(H,20,23)(H,21,22)/t13-/m1/s1. The highest BCUT2D eigenvalue weighted by Crippen LogP contribution is 2.27. The summed E-state index contributed by atoms with van der Waals surface area (Å²) in [4.78, 5) is 23.0. The molecule has 1 saturated carbocycles. The summed E-state index contributed by atoms with van der Waals surface area (Å²) < 4.78 is 5.60. The first-order valence-electron chi connectivity index (χ1n) is 8.15. The fourth-order valence-electron chi connectivity index (χ4n) is 2.88. The van der Waals surface area contributed by atoms with Crippen LogP contribution in [0.1, 0.15) is 44.6 Å². The summed E-state index contributed by atoms with van der Waals surface area (Å²) in [5.41, 5.74) is -0.115. The number of nitriles is 1. The van der Waals surface area contributed by atoms with Crippen LogP contribution in [0.5, 0.6) is 5.75 Å². The van der Waals surface area contributed by atoms with Gasteiger partial charge in [0.2, 0.25) is 0 Å². The lowest BCUT2D eigenvalue weighted by Crippen LogP contribution is -2.52. The van der Waals surface area contributed by atoms with Crippen LogP contribution in [0.15, 0.2) is 24.3 Å². The number of nitrogens with zero attached hydrogens (tertiary/aromatic N) is 1. The smallest absolute Gasteiger partial charge is 0.307 e. The molecule has 24 heavy (non-hydrogen) atoms. The van der Waals surface area contributed by atoms with E-state index in [2.05, 4.69) is 11.4 Å². The minimum atomic E-state index is -0.898. The Kier molecular flexibility index (Phi) is 5.80. The summed E-state index contributed by atoms with van der Waals surface area (Å²) in [6, 6.07) is 8.85. The van der Waals surface area contributed by atoms with E-state index < -0.39 is 17.6 Å². The highest BCUT2D eigenvalue weighted by atomic mass is 16.5. The topological polar surface area (TPSA) is 99.4 Å². The molecule has 6 nitrogen and oxygen atoms in total. The fourth-order valence-corrected chi connectivity index (χ4v) is 2.88. The van der Waals surface area contributed by atoms with Gasteiger partial charge in [-0.05, 0) is 37.5 Å². The molecule has 2 N–H and O–H groups in total. The van der Waals surface area contributed by atoms with Gasteiger partial charge in [0.05, 0.1) is 12.5 Å². The summed E-state index contributed by atoms with van der Waals surface area (Å²) >= 11 is 0. The average molecular weight is 330 g/mol. The molecule has 1 fully saturated rings. The van der Waals surface area contributed by atoms with Crippen molar-refractivity contribution in [1.82, 2.24) is 5.32 Å². The number of amides is 1. The van der Waals surface area contributed by atoms with Gasteiger partial charge in [0.1, 0.15) is 11.3 Å². The molecule has 0 aromatic heterocycles. The molecule has 1 aromatic rings. The van der Waals surface area contributed by atoms with Crippen molar-refractivity contribution in [2.24, 2.45) is 0 Å². The van der Waals surface area contributed by atoms with E-state index in [0.29, 0.717) is 24.2 Å². The van der Waals surface area contributed by atoms with Crippen LogP contribution < -0.4 is 10.1 Å². The van der Waals surface area contributed by atoms with Crippen LogP contribution in [0.3, 0.4) is 0 Å². The van der Waals surface area contributed by atoms with Crippen molar-refractivity contribution in [2.45, 2.75) is 57.1 Å². The molecule has 0 radical (unpaired) electrons. The molecule has 1 atom stereocenters. The molecule has 0 heterocycles. The van der Waals surface area contributed by atoms with Crippen molar-refractivity contribution >= 4 is 11.9 Å². The van der Waals surface area contributed by atoms with Gasteiger partial charge in [0.15, 0.2) is 6.10 Å². The molecule has 0 bridgehead atoms. The van der Waals surface area contributed by atoms with Crippen LogP contribution in [-0.4, -0.2) is 28.6 Å². The second-order valence-electron chi connectivity index (χ2n) is 6.22. The number of aliphatic carboxylic acids is 1. The number of carboxylic acid groups (broad SMARTS) is 1. The van der Waals surface area contributed by atoms with E-state index in [1.807, 2.05) is 0 Å². The van der Waals surface area contributed by atoms with Crippen LogP contribution in [0, 0.1) is 11.3 Å². The highest BCUT2D eigenvalue weighted by molar-refractivity contribution is 5.82. The zero-order chi connectivity index (χ0) is 17.6. The third kappa shape index (κ3) is 4.72. The molecule has 6 heteroatoms. The minimum absolute atomic E-state index is 0.0546. The van der Waals surface area contributed by atoms with Crippen LogP contribution in [0.25, 0.3) is 0 Å². The first-order chi connectivity index (χ1) is 11.4. The summed E-state index contributed by atoms with van der Waals surface area (Å²) in [5, 5.41) is 21.0. The second kappa shape index (κ2) is 7.82. The van der Waals surface area contributed by atoms with Gasteiger partial charge < -0.3 is 15.2 Å². The third-order valence-corrected chi connectivity index (χ3v) is 4.24. The largest absolute Gasteiger partial charge is 0.481 e. The molecule has 128 valence electrons. The Morgan fingerprint density at radius 3 is 2.46 bits per heavy atom. The quantitative estimate of drug-likeness (QED) is 0.834. The van der Waals surface area contributed by atoms with E-state index in [-0.39, 0.29) is 12.3 Å².